The van der Waals surface area contributed by atoms with Crippen molar-refractivity contribution in [2.45, 2.75) is 37.8 Å². The summed E-state index contributed by atoms with van der Waals surface area (Å²) < 4.78 is 5.36. The van der Waals surface area contributed by atoms with E-state index in [2.05, 4.69) is 5.32 Å². The molecular weight excluding hydrogens is 174 g/mol. The van der Waals surface area contributed by atoms with Crippen LogP contribution in [0.2, 0.25) is 0 Å². The predicted octanol–water partition coefficient (Wildman–Crippen LogP) is 1.59. The number of hydrogen-bond donors (Lipinski definition) is 1. The molecule has 1 saturated heterocycles. The minimum Gasteiger partial charge on any atom is -0.381 e. The summed E-state index contributed by atoms with van der Waals surface area (Å²) in [5, 5.41) is 3.57. The van der Waals surface area contributed by atoms with Crippen molar-refractivity contribution in [3.05, 3.63) is 0 Å². The lowest BCUT2D eigenvalue weighted by Gasteiger charge is -2.29. The second-order valence-corrected chi connectivity index (χ2v) is 3.78. The number of nitrogens with one attached hydrogen (secondary N) is 1. The Hall–Kier alpha value is 0.210. The molecule has 2 fully saturated rings. The van der Waals surface area contributed by atoms with Crippen molar-refractivity contribution in [1.82, 2.24) is 5.32 Å². The fourth-order valence-electron chi connectivity index (χ4n) is 1.99. The first-order chi connectivity index (χ1) is 5.40. The summed E-state index contributed by atoms with van der Waals surface area (Å²) in [5.41, 5.74) is 0. The molecule has 0 amide bonds. The molecule has 2 atom stereocenters. The Bertz CT molecular complexity index is 138. The van der Waals surface area contributed by atoms with E-state index < -0.39 is 0 Å². The summed E-state index contributed by atoms with van der Waals surface area (Å²) in [6.07, 6.45) is 5.84. The van der Waals surface area contributed by atoms with Gasteiger partial charge in [-0.25, -0.2) is 0 Å². The Morgan fingerprint density at radius 2 is 2.00 bits per heavy atom. The van der Waals surface area contributed by atoms with Crippen LogP contribution in [-0.4, -0.2) is 25.8 Å². The normalized spacial score (nSPS) is 35.8. The van der Waals surface area contributed by atoms with Crippen molar-refractivity contribution in [3.63, 3.8) is 0 Å². The Morgan fingerprint density at radius 3 is 2.58 bits per heavy atom. The lowest BCUT2D eigenvalue weighted by molar-refractivity contribution is 0.0587. The molecule has 72 valence electrons. The summed E-state index contributed by atoms with van der Waals surface area (Å²) in [6.45, 7) is 1.15. The molecule has 1 N–H and O–H groups in total. The molecule has 1 aliphatic carbocycles. The smallest absolute Gasteiger partial charge is 0.0598 e. The molecule has 2 rings (SSSR count). The second-order valence-electron chi connectivity index (χ2n) is 3.78. The highest BCUT2D eigenvalue weighted by atomic mass is 35.5. The summed E-state index contributed by atoms with van der Waals surface area (Å²) in [5.74, 6) is 0.980. The van der Waals surface area contributed by atoms with Gasteiger partial charge in [0.25, 0.3) is 0 Å². The minimum atomic E-state index is 0. The molecule has 1 aliphatic heterocycles. The van der Waals surface area contributed by atoms with E-state index in [1.165, 1.54) is 25.7 Å². The molecular formula is C9H18ClNO. The van der Waals surface area contributed by atoms with Crippen LogP contribution in [0.3, 0.4) is 0 Å². The highest BCUT2D eigenvalue weighted by molar-refractivity contribution is 5.85. The third-order valence-electron chi connectivity index (χ3n) is 2.91. The van der Waals surface area contributed by atoms with E-state index in [0.29, 0.717) is 6.10 Å². The molecule has 2 unspecified atom stereocenters. The molecule has 0 aromatic heterocycles. The SMILES string of the molecule is COC1CCNC(C2CC2)C1.Cl. The molecule has 3 heteroatoms. The quantitative estimate of drug-likeness (QED) is 0.716. The van der Waals surface area contributed by atoms with Gasteiger partial charge in [-0.05, 0) is 38.1 Å². The van der Waals surface area contributed by atoms with Crippen molar-refractivity contribution in [2.75, 3.05) is 13.7 Å². The fraction of sp³-hybridized carbons (Fsp3) is 1.00. The van der Waals surface area contributed by atoms with Gasteiger partial charge in [0.15, 0.2) is 0 Å². The lowest BCUT2D eigenvalue weighted by atomic mass is 9.98. The molecule has 0 aromatic carbocycles. The molecule has 0 spiro atoms. The van der Waals surface area contributed by atoms with Crippen LogP contribution in [0.5, 0.6) is 0 Å². The molecule has 1 saturated carbocycles. The van der Waals surface area contributed by atoms with Crippen LogP contribution in [0.25, 0.3) is 0 Å². The first kappa shape index (κ1) is 10.3. The highest BCUT2D eigenvalue weighted by Gasteiger charge is 2.34. The Labute approximate surface area is 80.5 Å². The summed E-state index contributed by atoms with van der Waals surface area (Å²) >= 11 is 0. The number of ether oxygens (including phenoxy) is 1. The third kappa shape index (κ3) is 2.35. The number of hydrogen-bond acceptors (Lipinski definition) is 2. The first-order valence-corrected chi connectivity index (χ1v) is 4.66. The fourth-order valence-corrected chi connectivity index (χ4v) is 1.99. The van der Waals surface area contributed by atoms with Gasteiger partial charge >= 0.3 is 0 Å². The Balaban J connectivity index is 0.000000720. The maximum absolute atomic E-state index is 5.36. The van der Waals surface area contributed by atoms with Crippen molar-refractivity contribution in [1.29, 1.82) is 0 Å². The Morgan fingerprint density at radius 1 is 1.25 bits per heavy atom. The van der Waals surface area contributed by atoms with Crippen molar-refractivity contribution in [3.8, 4) is 0 Å². The standard InChI is InChI=1S/C9H17NO.ClH/c1-11-8-4-5-10-9(6-8)7-2-3-7;/h7-10H,2-6H2,1H3;1H. The van der Waals surface area contributed by atoms with Crippen molar-refractivity contribution >= 4 is 12.4 Å². The van der Waals surface area contributed by atoms with Crippen molar-refractivity contribution in [2.24, 2.45) is 5.92 Å². The van der Waals surface area contributed by atoms with Gasteiger partial charge in [0.2, 0.25) is 0 Å². The molecule has 1 heterocycles. The maximum Gasteiger partial charge on any atom is 0.0598 e. The van der Waals surface area contributed by atoms with Gasteiger partial charge in [-0.15, -0.1) is 12.4 Å². The number of rotatable bonds is 2. The second kappa shape index (κ2) is 4.45. The third-order valence-corrected chi connectivity index (χ3v) is 2.91. The van der Waals surface area contributed by atoms with Crippen LogP contribution in [0, 0.1) is 5.92 Å². The molecule has 0 bridgehead atoms. The van der Waals surface area contributed by atoms with E-state index in [1.54, 1.807) is 0 Å². The van der Waals surface area contributed by atoms with Gasteiger partial charge in [0.1, 0.15) is 0 Å². The van der Waals surface area contributed by atoms with Crippen LogP contribution < -0.4 is 5.32 Å². The van der Waals surface area contributed by atoms with E-state index in [9.17, 15) is 0 Å². The van der Waals surface area contributed by atoms with Gasteiger partial charge in [0.05, 0.1) is 6.10 Å². The monoisotopic (exact) mass is 191 g/mol. The molecule has 0 radical (unpaired) electrons. The summed E-state index contributed by atoms with van der Waals surface area (Å²) in [6, 6.07) is 0.772. The topological polar surface area (TPSA) is 21.3 Å². The summed E-state index contributed by atoms with van der Waals surface area (Å²) in [4.78, 5) is 0. The summed E-state index contributed by atoms with van der Waals surface area (Å²) in [7, 11) is 1.83. The van der Waals surface area contributed by atoms with E-state index >= 15 is 0 Å². The van der Waals surface area contributed by atoms with E-state index in [1.807, 2.05) is 7.11 Å². The molecule has 2 aliphatic rings. The zero-order valence-corrected chi connectivity index (χ0v) is 8.40. The first-order valence-electron chi connectivity index (χ1n) is 4.66. The zero-order chi connectivity index (χ0) is 7.68. The number of methoxy groups -OCH3 is 1. The van der Waals surface area contributed by atoms with E-state index in [0.717, 1.165) is 18.5 Å². The van der Waals surface area contributed by atoms with E-state index in [-0.39, 0.29) is 12.4 Å². The van der Waals surface area contributed by atoms with Gasteiger partial charge < -0.3 is 10.1 Å². The van der Waals surface area contributed by atoms with Gasteiger partial charge in [0, 0.05) is 13.2 Å². The Kier molecular flexibility index (Phi) is 3.81. The molecule has 0 aromatic rings. The number of piperidine rings is 1. The highest BCUT2D eigenvalue weighted by Crippen LogP contribution is 2.36. The zero-order valence-electron chi connectivity index (χ0n) is 7.58. The molecule has 2 nitrogen and oxygen atoms in total. The average Bonchev–Trinajstić information content (AvgIpc) is 2.87. The van der Waals surface area contributed by atoms with Gasteiger partial charge in [-0.2, -0.15) is 0 Å². The van der Waals surface area contributed by atoms with Crippen LogP contribution in [0.1, 0.15) is 25.7 Å². The largest absolute Gasteiger partial charge is 0.381 e. The van der Waals surface area contributed by atoms with Gasteiger partial charge in [-0.3, -0.25) is 0 Å². The molecule has 12 heavy (non-hydrogen) atoms. The van der Waals surface area contributed by atoms with E-state index in [4.69, 9.17) is 4.74 Å². The number of halogens is 1. The average molecular weight is 192 g/mol. The predicted molar refractivity (Wildman–Crippen MR) is 51.8 cm³/mol. The van der Waals surface area contributed by atoms with Crippen LogP contribution in [-0.2, 0) is 4.74 Å². The van der Waals surface area contributed by atoms with Gasteiger partial charge in [-0.1, -0.05) is 0 Å². The maximum atomic E-state index is 5.36. The van der Waals surface area contributed by atoms with Crippen molar-refractivity contribution < 1.29 is 4.74 Å². The van der Waals surface area contributed by atoms with Crippen LogP contribution in [0.4, 0.5) is 0 Å². The van der Waals surface area contributed by atoms with Crippen LogP contribution >= 0.6 is 12.4 Å². The van der Waals surface area contributed by atoms with Crippen LogP contribution in [0.15, 0.2) is 0 Å². The minimum absolute atomic E-state index is 0. The lowest BCUT2D eigenvalue weighted by Crippen LogP contribution is -2.42.